The van der Waals surface area contributed by atoms with E-state index in [2.05, 4.69) is 9.97 Å². The Hall–Kier alpha value is -3.22. The average molecular weight is 366 g/mol. The highest BCUT2D eigenvalue weighted by molar-refractivity contribution is 5.76. The number of hydrogen-bond donors (Lipinski definition) is 0. The second-order valence-electron chi connectivity index (χ2n) is 6.42. The molecule has 27 heavy (non-hydrogen) atoms. The lowest BCUT2D eigenvalue weighted by atomic mass is 10.2. The van der Waals surface area contributed by atoms with E-state index in [1.807, 2.05) is 24.3 Å². The molecule has 3 aromatic heterocycles. The van der Waals surface area contributed by atoms with Gasteiger partial charge in [-0.15, -0.1) is 0 Å². The molecule has 0 aliphatic rings. The smallest absolute Gasteiger partial charge is 0.277 e. The molecule has 0 fully saturated rings. The summed E-state index contributed by atoms with van der Waals surface area (Å²) in [5, 5.41) is 0. The summed E-state index contributed by atoms with van der Waals surface area (Å²) in [5.74, 6) is 0.932. The molecule has 3 heterocycles. The van der Waals surface area contributed by atoms with Gasteiger partial charge < -0.3 is 9.30 Å². The van der Waals surface area contributed by atoms with Gasteiger partial charge in [-0.3, -0.25) is 9.20 Å². The number of aryl methyl sites for hydroxylation is 3. The van der Waals surface area contributed by atoms with Gasteiger partial charge in [-0.05, 0) is 30.7 Å². The molecule has 0 aliphatic heterocycles. The Morgan fingerprint density at radius 2 is 1.85 bits per heavy atom. The Balaban J connectivity index is 1.83. The maximum atomic E-state index is 13.0. The number of aromatic nitrogens is 4. The normalized spacial score (nSPS) is 11.4. The van der Waals surface area contributed by atoms with E-state index < -0.39 is 0 Å². The molecular formula is C20H19FN4O2. The van der Waals surface area contributed by atoms with Crippen LogP contribution in [0.25, 0.3) is 16.7 Å². The summed E-state index contributed by atoms with van der Waals surface area (Å²) >= 11 is 0. The van der Waals surface area contributed by atoms with Crippen molar-refractivity contribution >= 4 is 16.7 Å². The Labute approximate surface area is 154 Å². The van der Waals surface area contributed by atoms with Crippen LogP contribution in [0.5, 0.6) is 5.88 Å². The Morgan fingerprint density at radius 3 is 2.56 bits per heavy atom. The van der Waals surface area contributed by atoms with Crippen molar-refractivity contribution in [2.75, 3.05) is 0 Å². The average Bonchev–Trinajstić information content (AvgIpc) is 3.02. The fourth-order valence-corrected chi connectivity index (χ4v) is 3.24. The van der Waals surface area contributed by atoms with E-state index in [9.17, 15) is 9.18 Å². The van der Waals surface area contributed by atoms with Gasteiger partial charge in [0.2, 0.25) is 5.88 Å². The minimum Gasteiger partial charge on any atom is -0.473 e. The fourth-order valence-electron chi connectivity index (χ4n) is 3.24. The zero-order chi connectivity index (χ0) is 19.1. The van der Waals surface area contributed by atoms with Crippen molar-refractivity contribution in [3.8, 4) is 5.88 Å². The van der Waals surface area contributed by atoms with E-state index in [0.29, 0.717) is 34.7 Å². The molecule has 0 spiro atoms. The molecule has 4 aromatic rings. The highest BCUT2D eigenvalue weighted by atomic mass is 19.1. The van der Waals surface area contributed by atoms with Crippen LogP contribution < -0.4 is 10.3 Å². The summed E-state index contributed by atoms with van der Waals surface area (Å²) in [6, 6.07) is 9.69. The van der Waals surface area contributed by atoms with Crippen molar-refractivity contribution in [1.29, 1.82) is 0 Å². The summed E-state index contributed by atoms with van der Waals surface area (Å²) in [5.41, 5.74) is 3.29. The summed E-state index contributed by atoms with van der Waals surface area (Å²) in [6.07, 6.45) is 0.680. The van der Waals surface area contributed by atoms with E-state index >= 15 is 0 Å². The van der Waals surface area contributed by atoms with E-state index in [4.69, 9.17) is 4.74 Å². The monoisotopic (exact) mass is 366 g/mol. The molecule has 0 aliphatic carbocycles. The number of rotatable bonds is 4. The lowest BCUT2D eigenvalue weighted by Gasteiger charge is -2.11. The topological polar surface area (TPSA) is 61.4 Å². The number of imidazole rings is 1. The molecule has 1 aromatic carbocycles. The molecule has 0 saturated heterocycles. The standard InChI is InChI=1S/C20H19FN4O2/c1-4-16-22-12(2)18-20(26)24(3)15-9-10-17(23-19(15)25(16)18)27-11-13-5-7-14(21)8-6-13/h5-10H,4,11H2,1-3H3. The Bertz CT molecular complexity index is 1210. The van der Waals surface area contributed by atoms with Gasteiger partial charge in [-0.2, -0.15) is 4.98 Å². The molecule has 0 N–H and O–H groups in total. The van der Waals surface area contributed by atoms with Crippen LogP contribution >= 0.6 is 0 Å². The molecule has 0 saturated carbocycles. The van der Waals surface area contributed by atoms with Crippen molar-refractivity contribution in [1.82, 2.24) is 18.9 Å². The predicted molar refractivity (Wildman–Crippen MR) is 101 cm³/mol. The zero-order valence-electron chi connectivity index (χ0n) is 15.4. The van der Waals surface area contributed by atoms with Gasteiger partial charge in [0, 0.05) is 19.5 Å². The van der Waals surface area contributed by atoms with Crippen molar-refractivity contribution < 1.29 is 9.13 Å². The first-order valence-electron chi connectivity index (χ1n) is 8.74. The first-order valence-corrected chi connectivity index (χ1v) is 8.74. The molecule has 0 atom stereocenters. The Morgan fingerprint density at radius 1 is 1.11 bits per heavy atom. The Kier molecular flexibility index (Phi) is 4.14. The summed E-state index contributed by atoms with van der Waals surface area (Å²) in [6.45, 7) is 4.10. The number of fused-ring (bicyclic) bond motifs is 3. The zero-order valence-corrected chi connectivity index (χ0v) is 15.4. The van der Waals surface area contributed by atoms with Gasteiger partial charge in [-0.1, -0.05) is 19.1 Å². The molecule has 7 heteroatoms. The SMILES string of the molecule is CCc1nc(C)c2c(=O)n(C)c3ccc(OCc4ccc(F)cc4)nc3n12. The van der Waals surface area contributed by atoms with Crippen molar-refractivity contribution in [3.05, 3.63) is 69.7 Å². The third kappa shape index (κ3) is 2.85. The third-order valence-electron chi connectivity index (χ3n) is 4.65. The predicted octanol–water partition coefficient (Wildman–Crippen LogP) is 3.17. The van der Waals surface area contributed by atoms with Crippen LogP contribution in [0.4, 0.5) is 4.39 Å². The first-order chi connectivity index (χ1) is 13.0. The number of halogens is 1. The minimum absolute atomic E-state index is 0.103. The van der Waals surface area contributed by atoms with Crippen LogP contribution in [0, 0.1) is 12.7 Å². The molecular weight excluding hydrogens is 347 g/mol. The second kappa shape index (κ2) is 6.50. The quantitative estimate of drug-likeness (QED) is 0.557. The van der Waals surface area contributed by atoms with E-state index in [1.54, 1.807) is 29.8 Å². The van der Waals surface area contributed by atoms with Gasteiger partial charge in [0.25, 0.3) is 5.56 Å². The number of pyridine rings is 1. The number of hydrogen-bond acceptors (Lipinski definition) is 4. The lowest BCUT2D eigenvalue weighted by Crippen LogP contribution is -2.21. The van der Waals surface area contributed by atoms with E-state index in [1.165, 1.54) is 12.1 Å². The maximum absolute atomic E-state index is 13.0. The van der Waals surface area contributed by atoms with Crippen molar-refractivity contribution in [2.45, 2.75) is 26.9 Å². The second-order valence-corrected chi connectivity index (χ2v) is 6.42. The summed E-state index contributed by atoms with van der Waals surface area (Å²) in [4.78, 5) is 21.9. The highest BCUT2D eigenvalue weighted by Crippen LogP contribution is 2.21. The van der Waals surface area contributed by atoms with Gasteiger partial charge in [-0.25, -0.2) is 9.37 Å². The maximum Gasteiger partial charge on any atom is 0.277 e. The van der Waals surface area contributed by atoms with Crippen LogP contribution in [0.3, 0.4) is 0 Å². The molecule has 0 unspecified atom stereocenters. The van der Waals surface area contributed by atoms with E-state index in [-0.39, 0.29) is 18.0 Å². The summed E-state index contributed by atoms with van der Waals surface area (Å²) in [7, 11) is 1.73. The van der Waals surface area contributed by atoms with Gasteiger partial charge in [0.05, 0.1) is 11.2 Å². The molecule has 6 nitrogen and oxygen atoms in total. The first kappa shape index (κ1) is 17.2. The van der Waals surface area contributed by atoms with Crippen molar-refractivity contribution in [3.63, 3.8) is 0 Å². The van der Waals surface area contributed by atoms with Crippen LogP contribution in [0.1, 0.15) is 24.0 Å². The van der Waals surface area contributed by atoms with Crippen molar-refractivity contribution in [2.24, 2.45) is 7.05 Å². The number of benzene rings is 1. The molecule has 4 rings (SSSR count). The number of ether oxygens (including phenoxy) is 1. The van der Waals surface area contributed by atoms with Crippen LogP contribution in [0.15, 0.2) is 41.2 Å². The van der Waals surface area contributed by atoms with Gasteiger partial charge in [0.1, 0.15) is 23.8 Å². The third-order valence-corrected chi connectivity index (χ3v) is 4.65. The van der Waals surface area contributed by atoms with Crippen LogP contribution in [-0.4, -0.2) is 18.9 Å². The van der Waals surface area contributed by atoms with Gasteiger partial charge in [0.15, 0.2) is 5.65 Å². The molecule has 0 radical (unpaired) electrons. The molecule has 0 bridgehead atoms. The molecule has 138 valence electrons. The highest BCUT2D eigenvalue weighted by Gasteiger charge is 2.17. The van der Waals surface area contributed by atoms with Crippen LogP contribution in [0.2, 0.25) is 0 Å². The fraction of sp³-hybridized carbons (Fsp3) is 0.250. The minimum atomic E-state index is -0.284. The summed E-state index contributed by atoms with van der Waals surface area (Å²) < 4.78 is 22.2. The lowest BCUT2D eigenvalue weighted by molar-refractivity contribution is 0.294. The van der Waals surface area contributed by atoms with Crippen LogP contribution in [-0.2, 0) is 20.1 Å². The number of nitrogens with zero attached hydrogens (tertiary/aromatic N) is 4. The van der Waals surface area contributed by atoms with E-state index in [0.717, 1.165) is 11.4 Å². The molecule has 0 amide bonds. The van der Waals surface area contributed by atoms with Gasteiger partial charge >= 0.3 is 0 Å². The largest absolute Gasteiger partial charge is 0.473 e.